The van der Waals surface area contributed by atoms with Gasteiger partial charge in [0, 0.05) is 24.4 Å². The highest BCUT2D eigenvalue weighted by molar-refractivity contribution is 5.74. The van der Waals surface area contributed by atoms with Crippen molar-refractivity contribution in [2.75, 3.05) is 0 Å². The zero-order valence-corrected chi connectivity index (χ0v) is 9.29. The molecule has 1 unspecified atom stereocenters. The van der Waals surface area contributed by atoms with Gasteiger partial charge in [-0.25, -0.2) is 0 Å². The van der Waals surface area contributed by atoms with Crippen molar-refractivity contribution in [3.8, 4) is 11.3 Å². The summed E-state index contributed by atoms with van der Waals surface area (Å²) in [6, 6.07) is 2.16. The van der Waals surface area contributed by atoms with Crippen molar-refractivity contribution in [2.24, 2.45) is 5.73 Å². The number of nitrogens with two attached hydrogens (primary N) is 1. The first kappa shape index (κ1) is 12.1. The van der Waals surface area contributed by atoms with Crippen LogP contribution < -0.4 is 11.3 Å². The Morgan fingerprint density at radius 1 is 1.50 bits per heavy atom. The summed E-state index contributed by atoms with van der Waals surface area (Å²) in [4.78, 5) is 26.1. The lowest BCUT2D eigenvalue weighted by Crippen LogP contribution is -2.33. The van der Waals surface area contributed by atoms with Crippen molar-refractivity contribution in [2.45, 2.75) is 12.5 Å². The zero-order chi connectivity index (χ0) is 13.1. The molecule has 2 aromatic heterocycles. The lowest BCUT2D eigenvalue weighted by molar-refractivity contribution is -0.138. The molecule has 0 saturated heterocycles. The molecule has 0 aromatic carbocycles. The average Bonchev–Trinajstić information content (AvgIpc) is 2.72. The third-order valence-corrected chi connectivity index (χ3v) is 2.48. The minimum atomic E-state index is -1.17. The highest BCUT2D eigenvalue weighted by Crippen LogP contribution is 2.21. The lowest BCUT2D eigenvalue weighted by Gasteiger charge is -2.04. The van der Waals surface area contributed by atoms with Crippen LogP contribution in [0.15, 0.2) is 33.8 Å². The van der Waals surface area contributed by atoms with E-state index < -0.39 is 17.6 Å². The van der Waals surface area contributed by atoms with Gasteiger partial charge in [-0.2, -0.15) is 5.16 Å². The summed E-state index contributed by atoms with van der Waals surface area (Å²) in [5, 5.41) is 10.9. The monoisotopic (exact) mass is 249 g/mol. The summed E-state index contributed by atoms with van der Waals surface area (Å²) in [6.45, 7) is 0. The van der Waals surface area contributed by atoms with E-state index in [1.165, 1.54) is 0 Å². The molecule has 0 saturated carbocycles. The van der Waals surface area contributed by atoms with Crippen LogP contribution in [-0.4, -0.2) is 27.3 Å². The molecule has 0 amide bonds. The van der Waals surface area contributed by atoms with Crippen LogP contribution in [0.4, 0.5) is 0 Å². The van der Waals surface area contributed by atoms with Gasteiger partial charge in [-0.1, -0.05) is 0 Å². The second-order valence-electron chi connectivity index (χ2n) is 3.73. The predicted octanol–water partition coefficient (Wildman–Crippen LogP) is -0.0157. The normalized spacial score (nSPS) is 12.3. The Morgan fingerprint density at radius 3 is 2.78 bits per heavy atom. The zero-order valence-electron chi connectivity index (χ0n) is 9.29. The van der Waals surface area contributed by atoms with Crippen molar-refractivity contribution in [3.63, 3.8) is 0 Å². The number of H-pyrrole nitrogens is 1. The molecule has 4 N–H and O–H groups in total. The molecule has 0 aliphatic carbocycles. The standard InChI is InChI=1S/C11H11N3O4/c12-8(11(16)17)5-7-9(18-14-10(7)15)6-1-3-13-4-2-6/h1-4,8H,5,12H2,(H,14,15)(H,16,17). The molecule has 0 radical (unpaired) electrons. The topological polar surface area (TPSA) is 122 Å². The fraction of sp³-hybridized carbons (Fsp3) is 0.182. The van der Waals surface area contributed by atoms with Gasteiger partial charge in [-0.3, -0.25) is 14.6 Å². The molecular weight excluding hydrogens is 238 g/mol. The van der Waals surface area contributed by atoms with Gasteiger partial charge in [0.1, 0.15) is 6.04 Å². The highest BCUT2D eigenvalue weighted by Gasteiger charge is 2.21. The molecule has 0 fully saturated rings. The largest absolute Gasteiger partial charge is 0.480 e. The molecule has 0 aliphatic heterocycles. The van der Waals surface area contributed by atoms with E-state index >= 15 is 0 Å². The number of carbonyl (C=O) groups is 1. The first-order valence-corrected chi connectivity index (χ1v) is 5.18. The Morgan fingerprint density at radius 2 is 2.17 bits per heavy atom. The summed E-state index contributed by atoms with van der Waals surface area (Å²) in [7, 11) is 0. The fourth-order valence-corrected chi connectivity index (χ4v) is 1.55. The minimum Gasteiger partial charge on any atom is -0.480 e. The molecule has 94 valence electrons. The number of carboxylic acids is 1. The van der Waals surface area contributed by atoms with Crippen molar-refractivity contribution < 1.29 is 14.4 Å². The Hall–Kier alpha value is -2.41. The Kier molecular flexibility index (Phi) is 3.24. The van der Waals surface area contributed by atoms with Gasteiger partial charge in [0.15, 0.2) is 5.76 Å². The maximum absolute atomic E-state index is 11.6. The van der Waals surface area contributed by atoms with Gasteiger partial charge in [-0.05, 0) is 12.1 Å². The average molecular weight is 249 g/mol. The van der Waals surface area contributed by atoms with E-state index in [0.29, 0.717) is 11.3 Å². The molecule has 0 bridgehead atoms. The number of aromatic nitrogens is 2. The van der Waals surface area contributed by atoms with Gasteiger partial charge in [0.25, 0.3) is 5.56 Å². The molecule has 7 nitrogen and oxygen atoms in total. The Bertz CT molecular complexity index is 602. The minimum absolute atomic E-state index is 0.0984. The first-order chi connectivity index (χ1) is 8.59. The summed E-state index contributed by atoms with van der Waals surface area (Å²) < 4.78 is 5.05. The smallest absolute Gasteiger partial charge is 0.320 e. The van der Waals surface area contributed by atoms with E-state index in [1.54, 1.807) is 24.5 Å². The van der Waals surface area contributed by atoms with E-state index in [2.05, 4.69) is 10.1 Å². The van der Waals surface area contributed by atoms with E-state index in [9.17, 15) is 9.59 Å². The number of aliphatic carboxylic acids is 1. The van der Waals surface area contributed by atoms with Gasteiger partial charge >= 0.3 is 5.97 Å². The second-order valence-corrected chi connectivity index (χ2v) is 3.73. The van der Waals surface area contributed by atoms with Crippen molar-refractivity contribution in [3.05, 3.63) is 40.4 Å². The molecular formula is C11H11N3O4. The maximum Gasteiger partial charge on any atom is 0.320 e. The van der Waals surface area contributed by atoms with Crippen LogP contribution in [-0.2, 0) is 11.2 Å². The number of hydrogen-bond donors (Lipinski definition) is 3. The number of nitrogens with zero attached hydrogens (tertiary/aromatic N) is 1. The van der Waals surface area contributed by atoms with Crippen LogP contribution in [0.5, 0.6) is 0 Å². The number of aromatic amines is 1. The molecule has 2 heterocycles. The third-order valence-electron chi connectivity index (χ3n) is 2.48. The van der Waals surface area contributed by atoms with Gasteiger partial charge in [0.2, 0.25) is 0 Å². The van der Waals surface area contributed by atoms with E-state index in [-0.39, 0.29) is 12.0 Å². The van der Waals surface area contributed by atoms with Crippen LogP contribution in [0.25, 0.3) is 11.3 Å². The molecule has 2 rings (SSSR count). The second kappa shape index (κ2) is 4.84. The lowest BCUT2D eigenvalue weighted by atomic mass is 10.0. The number of carboxylic acid groups (broad SMARTS) is 1. The van der Waals surface area contributed by atoms with Crippen molar-refractivity contribution in [1.29, 1.82) is 0 Å². The summed E-state index contributed by atoms with van der Waals surface area (Å²) >= 11 is 0. The molecule has 7 heteroatoms. The molecule has 0 spiro atoms. The molecule has 2 aromatic rings. The van der Waals surface area contributed by atoms with Gasteiger partial charge in [0.05, 0.1) is 5.56 Å². The van der Waals surface area contributed by atoms with Crippen LogP contribution in [0.3, 0.4) is 0 Å². The summed E-state index contributed by atoms with van der Waals surface area (Å²) in [6.07, 6.45) is 2.99. The predicted molar refractivity (Wildman–Crippen MR) is 61.9 cm³/mol. The number of pyridine rings is 1. The van der Waals surface area contributed by atoms with Crippen LogP contribution in [0, 0.1) is 0 Å². The Labute approximate surface area is 101 Å². The van der Waals surface area contributed by atoms with Crippen molar-refractivity contribution >= 4 is 5.97 Å². The molecule has 1 atom stereocenters. The number of hydrogen-bond acceptors (Lipinski definition) is 5. The fourth-order valence-electron chi connectivity index (χ4n) is 1.55. The number of rotatable bonds is 4. The quantitative estimate of drug-likeness (QED) is 0.700. The molecule has 18 heavy (non-hydrogen) atoms. The third kappa shape index (κ3) is 2.30. The highest BCUT2D eigenvalue weighted by atomic mass is 16.5. The SMILES string of the molecule is NC(Cc1c(-c2ccncc2)o[nH]c1=O)C(=O)O. The molecule has 0 aliphatic rings. The van der Waals surface area contributed by atoms with Crippen LogP contribution >= 0.6 is 0 Å². The maximum atomic E-state index is 11.6. The first-order valence-electron chi connectivity index (χ1n) is 5.18. The van der Waals surface area contributed by atoms with Crippen molar-refractivity contribution in [1.82, 2.24) is 10.1 Å². The van der Waals surface area contributed by atoms with Gasteiger partial charge in [-0.15, -0.1) is 0 Å². The van der Waals surface area contributed by atoms with E-state index in [0.717, 1.165) is 0 Å². The summed E-state index contributed by atoms with van der Waals surface area (Å²) in [5.41, 5.74) is 5.80. The van der Waals surface area contributed by atoms with Crippen LogP contribution in [0.1, 0.15) is 5.56 Å². The van der Waals surface area contributed by atoms with E-state index in [1.807, 2.05) is 0 Å². The Balaban J connectivity index is 2.40. The van der Waals surface area contributed by atoms with Crippen LogP contribution in [0.2, 0.25) is 0 Å². The van der Waals surface area contributed by atoms with E-state index in [4.69, 9.17) is 15.4 Å². The van der Waals surface area contributed by atoms with Gasteiger partial charge < -0.3 is 15.4 Å². The summed E-state index contributed by atoms with van der Waals surface area (Å²) in [5.74, 6) is -0.879. The number of nitrogens with one attached hydrogen (secondary N) is 1.